The third-order valence-electron chi connectivity index (χ3n) is 10.6. The molecule has 0 spiro atoms. The second-order valence-electron chi connectivity index (χ2n) is 14.7. The van der Waals surface area contributed by atoms with Crippen LogP contribution in [0.3, 0.4) is 0 Å². The van der Waals surface area contributed by atoms with Crippen LogP contribution in [-0.2, 0) is 54.5 Å². The summed E-state index contributed by atoms with van der Waals surface area (Å²) in [6.45, 7) is 8.26. The van der Waals surface area contributed by atoms with Gasteiger partial charge in [-0.3, -0.25) is 28.8 Å². The fourth-order valence-electron chi connectivity index (χ4n) is 7.05. The number of ether oxygens (including phenoxy) is 2. The number of methoxy groups -OCH3 is 1. The van der Waals surface area contributed by atoms with Crippen molar-refractivity contribution in [2.45, 2.75) is 82.7 Å². The molecule has 3 aromatic rings. The van der Waals surface area contributed by atoms with Gasteiger partial charge in [0.05, 0.1) is 7.11 Å². The topological polar surface area (TPSA) is 167 Å². The zero-order valence-corrected chi connectivity index (χ0v) is 33.5. The molecule has 1 saturated heterocycles. The summed E-state index contributed by atoms with van der Waals surface area (Å²) in [5, 5.41) is 8.19. The van der Waals surface area contributed by atoms with E-state index in [0.717, 1.165) is 11.1 Å². The fraction of sp³-hybridized carbons (Fsp3) is 0.395. The van der Waals surface area contributed by atoms with E-state index in [1.807, 2.05) is 24.3 Å². The lowest BCUT2D eigenvalue weighted by Crippen LogP contribution is -2.61. The number of nitrogens with zero attached hydrogens (tertiary/aromatic N) is 3. The molecule has 14 nitrogen and oxygen atoms in total. The van der Waals surface area contributed by atoms with Gasteiger partial charge in [0.15, 0.2) is 11.5 Å². The third-order valence-corrected chi connectivity index (χ3v) is 10.6. The number of allylic oxidation sites excluding steroid dienone is 1. The Balaban J connectivity index is 1.57. The van der Waals surface area contributed by atoms with Crippen LogP contribution in [0.15, 0.2) is 79.4 Å². The van der Waals surface area contributed by atoms with Crippen LogP contribution in [0.25, 0.3) is 0 Å². The van der Waals surface area contributed by atoms with E-state index in [1.165, 1.54) is 63.7 Å². The molecular weight excluding hydrogens is 729 g/mol. The normalized spacial score (nSPS) is 24.1. The zero-order chi connectivity index (χ0) is 41.6. The number of likely N-dealkylation sites (N-methyl/N-ethyl adjacent to an activating group) is 3. The molecule has 0 aromatic heterocycles. The molecule has 3 N–H and O–H groups in total. The Morgan fingerprint density at radius 1 is 0.667 bits per heavy atom. The number of rotatable bonds is 5. The number of benzene rings is 3. The lowest BCUT2D eigenvalue weighted by molar-refractivity contribution is -0.149. The Hall–Kier alpha value is -6.18. The standard InChI is InChI=1S/C43H52N6O8/c1-9-10-28-11-13-29(14-12-28)21-33-40(52)46-27(4)42(54)49(7)35-22-30-15-18-32(19-16-30)57-37-24-31(17-20-36(37)56-8)23-34(48(6)43(35)55)39(51)44-25(2)38(50)45-26(3)41(53)47(33)5/h9,11-20,24-27,33-35H,1,10,21-23H2,2-8H3,(H,44,51)(H,45,50)(H,46,52)/t25-,26-,27-,33-,34-,35-/m0/s1. The van der Waals surface area contributed by atoms with Crippen LogP contribution in [0, 0.1) is 0 Å². The van der Waals surface area contributed by atoms with Crippen molar-refractivity contribution < 1.29 is 38.2 Å². The van der Waals surface area contributed by atoms with Crippen molar-refractivity contribution in [3.63, 3.8) is 0 Å². The highest BCUT2D eigenvalue weighted by Gasteiger charge is 2.39. The van der Waals surface area contributed by atoms with Crippen molar-refractivity contribution in [1.29, 1.82) is 0 Å². The SMILES string of the molecule is C=CCc1ccc(C[C@H]2C(=O)N[C@@H](C)C(=O)N(C)[C@H]3Cc4ccc(cc4)Oc4cc(ccc4OC)C[C@@H](C(=O)N[C@@H](C)C(=O)N[C@@H](C)C(=O)N2C)N(C)C3=O)cc1. The van der Waals surface area contributed by atoms with Crippen molar-refractivity contribution in [1.82, 2.24) is 30.7 Å². The summed E-state index contributed by atoms with van der Waals surface area (Å²) in [6.07, 6.45) is 2.62. The molecule has 6 atom stereocenters. The molecule has 0 saturated carbocycles. The van der Waals surface area contributed by atoms with Crippen molar-refractivity contribution >= 4 is 35.4 Å². The molecule has 0 aliphatic carbocycles. The van der Waals surface area contributed by atoms with E-state index in [4.69, 9.17) is 9.47 Å². The first-order valence-corrected chi connectivity index (χ1v) is 18.9. The highest BCUT2D eigenvalue weighted by atomic mass is 16.5. The molecule has 3 aliphatic heterocycles. The Morgan fingerprint density at radius 2 is 1.21 bits per heavy atom. The highest BCUT2D eigenvalue weighted by molar-refractivity contribution is 5.98. The number of carbonyl (C=O) groups is 6. The van der Waals surface area contributed by atoms with Gasteiger partial charge in [0.1, 0.15) is 42.0 Å². The van der Waals surface area contributed by atoms with E-state index in [9.17, 15) is 28.8 Å². The summed E-state index contributed by atoms with van der Waals surface area (Å²) >= 11 is 0. The van der Waals surface area contributed by atoms with Crippen LogP contribution in [0.1, 0.15) is 43.0 Å². The Labute approximate surface area is 333 Å². The van der Waals surface area contributed by atoms with E-state index in [2.05, 4.69) is 22.5 Å². The number of hydrogen-bond acceptors (Lipinski definition) is 8. The lowest BCUT2D eigenvalue weighted by atomic mass is 9.98. The minimum absolute atomic E-state index is 0.00917. The Kier molecular flexibility index (Phi) is 13.4. The molecular formula is C43H52N6O8. The third kappa shape index (κ3) is 9.80. The Morgan fingerprint density at radius 3 is 1.84 bits per heavy atom. The number of amides is 6. The van der Waals surface area contributed by atoms with Crippen LogP contribution in [0.5, 0.6) is 17.2 Å². The van der Waals surface area contributed by atoms with E-state index >= 15 is 0 Å². The van der Waals surface area contributed by atoms with Gasteiger partial charge in [-0.2, -0.15) is 0 Å². The molecule has 0 radical (unpaired) electrons. The van der Waals surface area contributed by atoms with Crippen LogP contribution < -0.4 is 25.4 Å². The maximum Gasteiger partial charge on any atom is 0.246 e. The second kappa shape index (κ2) is 18.2. The van der Waals surface area contributed by atoms with Gasteiger partial charge in [-0.05, 0) is 73.7 Å². The average molecular weight is 781 g/mol. The molecule has 57 heavy (non-hydrogen) atoms. The molecule has 6 rings (SSSR count). The lowest BCUT2D eigenvalue weighted by Gasteiger charge is -2.36. The van der Waals surface area contributed by atoms with Gasteiger partial charge in [-0.25, -0.2) is 0 Å². The van der Waals surface area contributed by atoms with Crippen molar-refractivity contribution in [3.8, 4) is 17.2 Å². The largest absolute Gasteiger partial charge is 0.493 e. The maximum atomic E-state index is 14.7. The van der Waals surface area contributed by atoms with Gasteiger partial charge < -0.3 is 40.1 Å². The molecule has 6 amide bonds. The zero-order valence-electron chi connectivity index (χ0n) is 33.5. The molecule has 0 unspecified atom stereocenters. The van der Waals surface area contributed by atoms with E-state index in [0.29, 0.717) is 34.8 Å². The highest BCUT2D eigenvalue weighted by Crippen LogP contribution is 2.34. The molecule has 6 bridgehead atoms. The quantitative estimate of drug-likeness (QED) is 0.333. The van der Waals surface area contributed by atoms with Gasteiger partial charge >= 0.3 is 0 Å². The predicted molar refractivity (Wildman–Crippen MR) is 213 cm³/mol. The van der Waals surface area contributed by atoms with E-state index in [-0.39, 0.29) is 19.3 Å². The number of fused-ring (bicyclic) bond motifs is 2. The molecule has 3 aromatic carbocycles. The number of hydrogen-bond donors (Lipinski definition) is 3. The molecule has 302 valence electrons. The van der Waals surface area contributed by atoms with Gasteiger partial charge in [-0.15, -0.1) is 6.58 Å². The summed E-state index contributed by atoms with van der Waals surface area (Å²) in [4.78, 5) is 88.4. The monoisotopic (exact) mass is 780 g/mol. The van der Waals surface area contributed by atoms with Crippen LogP contribution in [0.2, 0.25) is 0 Å². The predicted octanol–water partition coefficient (Wildman–Crippen LogP) is 2.57. The van der Waals surface area contributed by atoms with Crippen molar-refractivity contribution in [2.75, 3.05) is 28.3 Å². The van der Waals surface area contributed by atoms with Crippen molar-refractivity contribution in [2.24, 2.45) is 0 Å². The van der Waals surface area contributed by atoms with Crippen LogP contribution in [0.4, 0.5) is 0 Å². The summed E-state index contributed by atoms with van der Waals surface area (Å²) in [5.74, 6) is -2.18. The summed E-state index contributed by atoms with van der Waals surface area (Å²) in [7, 11) is 5.94. The molecule has 1 fully saturated rings. The maximum absolute atomic E-state index is 14.7. The molecule has 14 heteroatoms. The van der Waals surface area contributed by atoms with E-state index in [1.54, 1.807) is 48.5 Å². The number of carbonyl (C=O) groups excluding carboxylic acids is 6. The smallest absolute Gasteiger partial charge is 0.246 e. The summed E-state index contributed by atoms with van der Waals surface area (Å²) < 4.78 is 11.7. The first-order chi connectivity index (χ1) is 27.1. The van der Waals surface area contributed by atoms with Gasteiger partial charge in [0.2, 0.25) is 35.4 Å². The summed E-state index contributed by atoms with van der Waals surface area (Å²) in [6, 6.07) is 13.1. The molecule has 3 aliphatic rings. The van der Waals surface area contributed by atoms with E-state index < -0.39 is 71.7 Å². The van der Waals surface area contributed by atoms with Crippen LogP contribution in [-0.4, -0.2) is 115 Å². The fourth-order valence-corrected chi connectivity index (χ4v) is 7.05. The average Bonchev–Trinajstić information content (AvgIpc) is 3.19. The van der Waals surface area contributed by atoms with Crippen molar-refractivity contribution in [3.05, 3.63) is 102 Å². The Bertz CT molecular complexity index is 2000. The first kappa shape index (κ1) is 42.0. The second-order valence-corrected chi connectivity index (χ2v) is 14.7. The van der Waals surface area contributed by atoms with Gasteiger partial charge in [0, 0.05) is 40.4 Å². The minimum atomic E-state index is -1.16. The van der Waals surface area contributed by atoms with Gasteiger partial charge in [0.25, 0.3) is 0 Å². The first-order valence-electron chi connectivity index (χ1n) is 18.9. The molecule has 3 heterocycles. The van der Waals surface area contributed by atoms with Crippen LogP contribution >= 0.6 is 0 Å². The summed E-state index contributed by atoms with van der Waals surface area (Å²) in [5.41, 5.74) is 3.11. The minimum Gasteiger partial charge on any atom is -0.493 e. The van der Waals surface area contributed by atoms with Gasteiger partial charge in [-0.1, -0.05) is 48.5 Å². The number of nitrogens with one attached hydrogen (secondary N) is 3.